The quantitative estimate of drug-likeness (QED) is 0.125. The third-order valence-electron chi connectivity index (χ3n) is 9.80. The zero-order valence-electron chi connectivity index (χ0n) is 28.9. The highest BCUT2D eigenvalue weighted by molar-refractivity contribution is 5.99. The number of imidazole rings is 1. The predicted octanol–water partition coefficient (Wildman–Crippen LogP) is 6.94. The number of carbonyl (C=O) groups is 2. The predicted molar refractivity (Wildman–Crippen MR) is 182 cm³/mol. The zero-order valence-corrected chi connectivity index (χ0v) is 28.9. The van der Waals surface area contributed by atoms with Crippen LogP contribution in [0.3, 0.4) is 0 Å². The van der Waals surface area contributed by atoms with Gasteiger partial charge in [0.15, 0.2) is 17.3 Å². The van der Waals surface area contributed by atoms with Gasteiger partial charge in [-0.3, -0.25) is 9.59 Å². The Labute approximate surface area is 299 Å². The van der Waals surface area contributed by atoms with Crippen molar-refractivity contribution in [2.75, 3.05) is 23.0 Å². The molecule has 10 nitrogen and oxygen atoms in total. The number of H-pyrrole nitrogens is 1. The number of halogens is 6. The van der Waals surface area contributed by atoms with Crippen molar-refractivity contribution in [2.45, 2.75) is 64.2 Å². The minimum atomic E-state index is -4.55. The highest BCUT2D eigenvalue weighted by Crippen LogP contribution is 2.44. The fourth-order valence-electron chi connectivity index (χ4n) is 6.97. The molecule has 3 aromatic carbocycles. The Bertz CT molecular complexity index is 2210. The second-order valence-electron chi connectivity index (χ2n) is 13.7. The van der Waals surface area contributed by atoms with E-state index in [9.17, 15) is 41.0 Å². The third kappa shape index (κ3) is 6.72. The van der Waals surface area contributed by atoms with E-state index in [-0.39, 0.29) is 11.6 Å². The molecule has 53 heavy (non-hydrogen) atoms. The number of rotatable bonds is 6. The monoisotopic (exact) mass is 740 g/mol. The Hall–Kier alpha value is -5.35. The number of anilines is 2. The zero-order chi connectivity index (χ0) is 38.7. The van der Waals surface area contributed by atoms with E-state index in [1.54, 1.807) is 29.2 Å². The molecule has 7 rings (SSSR count). The number of Topliss-reactive ketones (excluding diaryl/α,β-unsaturated/α-hetero) is 2. The average molecular weight is 741 g/mol. The maximum atomic E-state index is 13.0. The maximum Gasteiger partial charge on any atom is 0.434 e. The summed E-state index contributed by atoms with van der Waals surface area (Å²) in [5, 5.41) is 18.4. The van der Waals surface area contributed by atoms with Crippen LogP contribution in [0.15, 0.2) is 67.0 Å². The lowest BCUT2D eigenvalue weighted by molar-refractivity contribution is -0.141. The molecule has 4 heterocycles. The van der Waals surface area contributed by atoms with Gasteiger partial charge in [0.2, 0.25) is 5.95 Å². The number of carbonyl (C=O) groups excluding carboxylic acids is 2. The third-order valence-corrected chi connectivity index (χ3v) is 9.80. The molecule has 0 unspecified atom stereocenters. The van der Waals surface area contributed by atoms with Gasteiger partial charge < -0.3 is 25.0 Å². The normalized spacial score (nSPS) is 15.9. The second kappa shape index (κ2) is 13.3. The number of ketones is 2. The molecule has 5 aromatic rings. The highest BCUT2D eigenvalue weighted by Gasteiger charge is 2.42. The molecule has 0 saturated carbocycles. The van der Waals surface area contributed by atoms with Crippen LogP contribution in [0.25, 0.3) is 11.0 Å². The molecule has 0 atom stereocenters. The van der Waals surface area contributed by atoms with Crippen LogP contribution < -0.4 is 9.80 Å². The van der Waals surface area contributed by atoms with Gasteiger partial charge in [-0.25, -0.2) is 15.0 Å². The topological polar surface area (TPSA) is 136 Å². The Kier molecular flexibility index (Phi) is 9.35. The van der Waals surface area contributed by atoms with Crippen molar-refractivity contribution in [3.63, 3.8) is 0 Å². The molecule has 2 aliphatic heterocycles. The summed E-state index contributed by atoms with van der Waals surface area (Å²) in [5.74, 6) is -0.0450. The first kappa shape index (κ1) is 37.4. The van der Waals surface area contributed by atoms with Crippen molar-refractivity contribution in [3.05, 3.63) is 112 Å². The number of alkyl halides is 6. The van der Waals surface area contributed by atoms with Gasteiger partial charge in [0.05, 0.1) is 40.1 Å². The Balaban J connectivity index is 0.000000183. The van der Waals surface area contributed by atoms with Gasteiger partial charge in [-0.15, -0.1) is 0 Å². The van der Waals surface area contributed by atoms with E-state index in [1.807, 2.05) is 44.7 Å². The second-order valence-corrected chi connectivity index (χ2v) is 13.7. The number of hydrogen-bond donors (Lipinski definition) is 3. The molecule has 0 saturated heterocycles. The number of aliphatic hydroxyl groups excluding tert-OH is 2. The van der Waals surface area contributed by atoms with E-state index in [4.69, 9.17) is 5.11 Å². The largest absolute Gasteiger partial charge is 0.434 e. The summed E-state index contributed by atoms with van der Waals surface area (Å²) < 4.78 is 76.9. The summed E-state index contributed by atoms with van der Waals surface area (Å²) in [6.45, 7) is 7.18. The van der Waals surface area contributed by atoms with Gasteiger partial charge in [0.1, 0.15) is 19.0 Å². The minimum Gasteiger partial charge on any atom is -0.388 e. The van der Waals surface area contributed by atoms with Gasteiger partial charge in [-0.1, -0.05) is 36.4 Å². The highest BCUT2D eigenvalue weighted by atomic mass is 19.4. The molecule has 0 radical (unpaired) electrons. The lowest BCUT2D eigenvalue weighted by atomic mass is 9.90. The van der Waals surface area contributed by atoms with E-state index in [2.05, 4.69) is 19.9 Å². The van der Waals surface area contributed by atoms with Crippen molar-refractivity contribution >= 4 is 34.4 Å². The molecular formula is C37H34F6N6O4. The molecular weight excluding hydrogens is 706 g/mol. The lowest BCUT2D eigenvalue weighted by Gasteiger charge is -2.33. The van der Waals surface area contributed by atoms with Gasteiger partial charge in [-0.05, 0) is 68.1 Å². The van der Waals surface area contributed by atoms with E-state index in [1.165, 1.54) is 6.07 Å². The molecule has 0 aliphatic carbocycles. The number of nitrogens with one attached hydrogen (secondary N) is 1. The molecule has 2 aliphatic rings. The summed E-state index contributed by atoms with van der Waals surface area (Å²) in [6.07, 6.45) is -7.18. The van der Waals surface area contributed by atoms with Crippen molar-refractivity contribution in [3.8, 4) is 0 Å². The molecule has 0 bridgehead atoms. The number of aliphatic hydroxyl groups is 2. The van der Waals surface area contributed by atoms with E-state index in [0.29, 0.717) is 47.4 Å². The Morgan fingerprint density at radius 1 is 0.755 bits per heavy atom. The fraction of sp³-hybridized carbons (Fsp3) is 0.324. The van der Waals surface area contributed by atoms with E-state index >= 15 is 0 Å². The smallest absolute Gasteiger partial charge is 0.388 e. The summed E-state index contributed by atoms with van der Waals surface area (Å²) >= 11 is 0. The van der Waals surface area contributed by atoms with E-state index in [0.717, 1.165) is 40.6 Å². The summed E-state index contributed by atoms with van der Waals surface area (Å²) in [6, 6.07) is 14.0. The fourth-order valence-corrected chi connectivity index (χ4v) is 6.97. The average Bonchev–Trinajstić information content (AvgIpc) is 3.75. The standard InChI is InChI=1S/C20H18F3N3O2.C17H16F3N3O2/c1-19(2)14-5-3-4-12(17(28)10-27)13(14)9-26(19)18-24-15-7-6-11(20(21,22)23)8-16(15)25-18;1-16(2)12-5-3-4-10(13(25)9-24)11(12)8-23(16)15-7-21-14(6-22-15)17(18,19)20/h3-8,27H,9-10H2,1-2H3,(H,24,25);3-7,24H,8-9H2,1-2H3. The number of fused-ring (bicyclic) bond motifs is 3. The van der Waals surface area contributed by atoms with Gasteiger partial charge in [-0.2, -0.15) is 26.3 Å². The summed E-state index contributed by atoms with van der Waals surface area (Å²) in [5.41, 5.74) is 1.99. The summed E-state index contributed by atoms with van der Waals surface area (Å²) in [7, 11) is 0. The van der Waals surface area contributed by atoms with Crippen LogP contribution in [0.5, 0.6) is 0 Å². The van der Waals surface area contributed by atoms with Crippen molar-refractivity contribution in [2.24, 2.45) is 0 Å². The van der Waals surface area contributed by atoms with Gasteiger partial charge >= 0.3 is 12.4 Å². The van der Waals surface area contributed by atoms with Crippen LogP contribution >= 0.6 is 0 Å². The number of benzene rings is 3. The molecule has 2 aromatic heterocycles. The first-order chi connectivity index (χ1) is 24.8. The van der Waals surface area contributed by atoms with Crippen LogP contribution in [0, 0.1) is 0 Å². The van der Waals surface area contributed by atoms with Crippen LogP contribution in [-0.2, 0) is 36.5 Å². The van der Waals surface area contributed by atoms with Gasteiger partial charge in [0.25, 0.3) is 0 Å². The Morgan fingerprint density at radius 3 is 1.79 bits per heavy atom. The van der Waals surface area contributed by atoms with Crippen molar-refractivity contribution in [1.29, 1.82) is 0 Å². The number of nitrogens with zero attached hydrogens (tertiary/aromatic N) is 5. The van der Waals surface area contributed by atoms with Gasteiger partial charge in [0, 0.05) is 24.2 Å². The first-order valence-electron chi connectivity index (χ1n) is 16.3. The minimum absolute atomic E-state index is 0.289. The molecule has 0 spiro atoms. The van der Waals surface area contributed by atoms with E-state index < -0.39 is 53.7 Å². The first-order valence-corrected chi connectivity index (χ1v) is 16.3. The number of aromatic amines is 1. The summed E-state index contributed by atoms with van der Waals surface area (Å²) in [4.78, 5) is 42.6. The Morgan fingerprint density at radius 2 is 1.30 bits per heavy atom. The molecule has 0 fully saturated rings. The van der Waals surface area contributed by atoms with Crippen LogP contribution in [0.4, 0.5) is 38.1 Å². The van der Waals surface area contributed by atoms with Crippen LogP contribution in [0.1, 0.15) is 81.9 Å². The van der Waals surface area contributed by atoms with Crippen molar-refractivity contribution in [1.82, 2.24) is 19.9 Å². The van der Waals surface area contributed by atoms with Crippen LogP contribution in [-0.4, -0.2) is 54.9 Å². The van der Waals surface area contributed by atoms with Crippen molar-refractivity contribution < 1.29 is 46.1 Å². The molecule has 278 valence electrons. The van der Waals surface area contributed by atoms with Crippen LogP contribution in [0.2, 0.25) is 0 Å². The molecule has 0 amide bonds. The maximum absolute atomic E-state index is 13.0. The SMILES string of the molecule is CC1(C)c2cccc(C(=O)CO)c2CN1c1cnc(C(F)(F)F)cn1.CC1(C)c2cccc(C(=O)CO)c2CN1c1nc2ccc(C(F)(F)F)cc2[nH]1. The number of aromatic nitrogens is 4. The number of hydrogen-bond acceptors (Lipinski definition) is 9. The molecule has 3 N–H and O–H groups in total. The lowest BCUT2D eigenvalue weighted by Crippen LogP contribution is -2.36. The molecule has 16 heteroatoms.